The second-order valence-corrected chi connectivity index (χ2v) is 6.76. The van der Waals surface area contributed by atoms with E-state index >= 15 is 0 Å². The van der Waals surface area contributed by atoms with Crippen molar-refractivity contribution >= 4 is 23.4 Å². The Morgan fingerprint density at radius 3 is 2.10 bits per heavy atom. The van der Waals surface area contributed by atoms with E-state index in [-0.39, 0.29) is 0 Å². The maximum Gasteiger partial charge on any atom is 0.191 e. The van der Waals surface area contributed by atoms with E-state index in [0.29, 0.717) is 17.7 Å². The Kier molecular flexibility index (Phi) is 7.13. The Morgan fingerprint density at radius 1 is 1.10 bits per heavy atom. The van der Waals surface area contributed by atoms with Gasteiger partial charge < -0.3 is 10.6 Å². The van der Waals surface area contributed by atoms with E-state index in [1.54, 1.807) is 0 Å². The van der Waals surface area contributed by atoms with Crippen LogP contribution in [0.5, 0.6) is 0 Å². The highest BCUT2D eigenvalue weighted by atomic mass is 32.2. The van der Waals surface area contributed by atoms with Gasteiger partial charge in [-0.3, -0.25) is 0 Å². The SMILES string of the molecule is CSc1nc(N)cc(N(CCC(C)C)CCC(C)C)n1. The molecule has 0 amide bonds. The average Bonchev–Trinajstić information content (AvgIpc) is 2.37. The van der Waals surface area contributed by atoms with Crippen LogP contribution in [0.3, 0.4) is 0 Å². The van der Waals surface area contributed by atoms with Crippen LogP contribution in [0.4, 0.5) is 11.6 Å². The van der Waals surface area contributed by atoms with Crippen LogP contribution in [0.1, 0.15) is 40.5 Å². The molecular formula is C15H28N4S. The van der Waals surface area contributed by atoms with Gasteiger partial charge in [0.05, 0.1) is 0 Å². The van der Waals surface area contributed by atoms with Crippen molar-refractivity contribution < 1.29 is 0 Å². The minimum absolute atomic E-state index is 0.554. The Labute approximate surface area is 127 Å². The van der Waals surface area contributed by atoms with E-state index in [1.165, 1.54) is 11.8 Å². The summed E-state index contributed by atoms with van der Waals surface area (Å²) >= 11 is 1.53. The first-order chi connectivity index (χ1) is 9.42. The first kappa shape index (κ1) is 17.1. The summed E-state index contributed by atoms with van der Waals surface area (Å²) < 4.78 is 0. The molecule has 0 fully saturated rings. The first-order valence-electron chi connectivity index (χ1n) is 7.35. The molecule has 0 aliphatic rings. The predicted octanol–water partition coefficient (Wildman–Crippen LogP) is 3.68. The molecule has 0 saturated carbocycles. The zero-order valence-electron chi connectivity index (χ0n) is 13.4. The number of hydrogen-bond donors (Lipinski definition) is 1. The maximum absolute atomic E-state index is 5.89. The topological polar surface area (TPSA) is 55.0 Å². The van der Waals surface area contributed by atoms with Crippen LogP contribution in [-0.4, -0.2) is 29.3 Å². The zero-order valence-corrected chi connectivity index (χ0v) is 14.2. The zero-order chi connectivity index (χ0) is 15.1. The van der Waals surface area contributed by atoms with Crippen molar-refractivity contribution in [3.63, 3.8) is 0 Å². The molecule has 20 heavy (non-hydrogen) atoms. The molecule has 0 unspecified atom stereocenters. The normalized spacial score (nSPS) is 11.3. The van der Waals surface area contributed by atoms with Crippen LogP contribution in [-0.2, 0) is 0 Å². The Hall–Kier alpha value is -0.970. The molecule has 5 heteroatoms. The lowest BCUT2D eigenvalue weighted by Gasteiger charge is -2.26. The molecule has 1 aromatic heterocycles. The van der Waals surface area contributed by atoms with E-state index in [4.69, 9.17) is 5.73 Å². The molecule has 0 aromatic carbocycles. The van der Waals surface area contributed by atoms with E-state index in [1.807, 2.05) is 12.3 Å². The van der Waals surface area contributed by atoms with Gasteiger partial charge in [-0.15, -0.1) is 0 Å². The van der Waals surface area contributed by atoms with Crippen molar-refractivity contribution in [2.24, 2.45) is 11.8 Å². The molecule has 1 rings (SSSR count). The molecular weight excluding hydrogens is 268 g/mol. The summed E-state index contributed by atoms with van der Waals surface area (Å²) in [6.45, 7) is 11.1. The van der Waals surface area contributed by atoms with Crippen LogP contribution in [0.15, 0.2) is 11.2 Å². The second-order valence-electron chi connectivity index (χ2n) is 5.99. The van der Waals surface area contributed by atoms with Crippen molar-refractivity contribution in [2.75, 3.05) is 30.0 Å². The highest BCUT2D eigenvalue weighted by Gasteiger charge is 2.12. The van der Waals surface area contributed by atoms with E-state index in [0.717, 1.165) is 36.9 Å². The van der Waals surface area contributed by atoms with E-state index < -0.39 is 0 Å². The summed E-state index contributed by atoms with van der Waals surface area (Å²) in [5, 5.41) is 0.749. The van der Waals surface area contributed by atoms with Gasteiger partial charge in [-0.1, -0.05) is 39.5 Å². The smallest absolute Gasteiger partial charge is 0.191 e. The Bertz CT molecular complexity index is 395. The number of anilines is 2. The van der Waals surface area contributed by atoms with Gasteiger partial charge >= 0.3 is 0 Å². The number of aromatic nitrogens is 2. The third kappa shape index (κ3) is 5.99. The second kappa shape index (κ2) is 8.35. The number of nitrogens with two attached hydrogens (primary N) is 1. The summed E-state index contributed by atoms with van der Waals surface area (Å²) in [5.74, 6) is 2.90. The van der Waals surface area contributed by atoms with Crippen LogP contribution >= 0.6 is 11.8 Å². The Morgan fingerprint density at radius 2 is 1.65 bits per heavy atom. The van der Waals surface area contributed by atoms with Crippen LogP contribution in [0.25, 0.3) is 0 Å². The number of nitrogen functional groups attached to an aromatic ring is 1. The van der Waals surface area contributed by atoms with Crippen molar-refractivity contribution in [1.29, 1.82) is 0 Å². The van der Waals surface area contributed by atoms with Gasteiger partial charge in [0, 0.05) is 19.2 Å². The number of thioether (sulfide) groups is 1. The number of hydrogen-bond acceptors (Lipinski definition) is 5. The largest absolute Gasteiger partial charge is 0.383 e. The monoisotopic (exact) mass is 296 g/mol. The van der Waals surface area contributed by atoms with Gasteiger partial charge in [0.15, 0.2) is 5.16 Å². The molecule has 0 spiro atoms. The lowest BCUT2D eigenvalue weighted by atomic mass is 10.1. The molecule has 0 saturated heterocycles. The fraction of sp³-hybridized carbons (Fsp3) is 0.733. The van der Waals surface area contributed by atoms with Crippen molar-refractivity contribution in [2.45, 2.75) is 45.7 Å². The molecule has 0 bridgehead atoms. The summed E-state index contributed by atoms with van der Waals surface area (Å²) in [4.78, 5) is 11.2. The third-order valence-electron chi connectivity index (χ3n) is 3.17. The molecule has 114 valence electrons. The van der Waals surface area contributed by atoms with Gasteiger partial charge in [0.1, 0.15) is 11.6 Å². The highest BCUT2D eigenvalue weighted by molar-refractivity contribution is 7.98. The minimum Gasteiger partial charge on any atom is -0.383 e. The van der Waals surface area contributed by atoms with Gasteiger partial charge in [-0.2, -0.15) is 0 Å². The molecule has 0 atom stereocenters. The molecule has 4 nitrogen and oxygen atoms in total. The lowest BCUT2D eigenvalue weighted by Crippen LogP contribution is -2.28. The number of nitrogens with zero attached hydrogens (tertiary/aromatic N) is 3. The number of rotatable bonds is 8. The van der Waals surface area contributed by atoms with Crippen LogP contribution in [0.2, 0.25) is 0 Å². The summed E-state index contributed by atoms with van der Waals surface area (Å²) in [5.41, 5.74) is 5.89. The minimum atomic E-state index is 0.554. The molecule has 0 radical (unpaired) electrons. The quantitative estimate of drug-likeness (QED) is 0.586. The van der Waals surface area contributed by atoms with Crippen LogP contribution in [0, 0.1) is 11.8 Å². The highest BCUT2D eigenvalue weighted by Crippen LogP contribution is 2.20. The first-order valence-corrected chi connectivity index (χ1v) is 8.58. The van der Waals surface area contributed by atoms with Crippen molar-refractivity contribution in [3.8, 4) is 0 Å². The summed E-state index contributed by atoms with van der Waals surface area (Å²) in [6.07, 6.45) is 4.30. The van der Waals surface area contributed by atoms with Gasteiger partial charge in [-0.25, -0.2) is 9.97 Å². The standard InChI is InChI=1S/C15H28N4S/c1-11(2)6-8-19(9-7-12(3)4)14-10-13(16)17-15(18-14)20-5/h10-12H,6-9H2,1-5H3,(H2,16,17,18). The summed E-state index contributed by atoms with van der Waals surface area (Å²) in [6, 6.07) is 1.89. The van der Waals surface area contributed by atoms with Gasteiger partial charge in [0.2, 0.25) is 0 Å². The molecule has 2 N–H and O–H groups in total. The predicted molar refractivity (Wildman–Crippen MR) is 89.3 cm³/mol. The maximum atomic E-state index is 5.89. The summed E-state index contributed by atoms with van der Waals surface area (Å²) in [7, 11) is 0. The molecule has 0 aliphatic carbocycles. The van der Waals surface area contributed by atoms with E-state index in [9.17, 15) is 0 Å². The lowest BCUT2D eigenvalue weighted by molar-refractivity contribution is 0.532. The molecule has 1 aromatic rings. The van der Waals surface area contributed by atoms with Crippen molar-refractivity contribution in [3.05, 3.63) is 6.07 Å². The Balaban J connectivity index is 2.86. The average molecular weight is 296 g/mol. The fourth-order valence-electron chi connectivity index (χ4n) is 1.85. The fourth-order valence-corrected chi connectivity index (χ4v) is 2.23. The van der Waals surface area contributed by atoms with Crippen molar-refractivity contribution in [1.82, 2.24) is 9.97 Å². The molecule has 1 heterocycles. The van der Waals surface area contributed by atoms with Crippen LogP contribution < -0.4 is 10.6 Å². The molecule has 0 aliphatic heterocycles. The van der Waals surface area contributed by atoms with Gasteiger partial charge in [0.25, 0.3) is 0 Å². The third-order valence-corrected chi connectivity index (χ3v) is 3.72. The van der Waals surface area contributed by atoms with Gasteiger partial charge in [-0.05, 0) is 30.9 Å². The van der Waals surface area contributed by atoms with E-state index in [2.05, 4.69) is 42.6 Å².